The fourth-order valence-corrected chi connectivity index (χ4v) is 4.88. The Balaban J connectivity index is 1.61. The number of esters is 1. The molecule has 1 aliphatic rings. The number of aromatic nitrogens is 1. The van der Waals surface area contributed by atoms with Crippen LogP contribution in [0.3, 0.4) is 0 Å². The maximum Gasteiger partial charge on any atom is 0.325 e. The number of nitrogens with zero attached hydrogens (tertiary/aromatic N) is 2. The van der Waals surface area contributed by atoms with Gasteiger partial charge in [0.15, 0.2) is 0 Å². The van der Waals surface area contributed by atoms with E-state index >= 15 is 0 Å². The smallest absolute Gasteiger partial charge is 0.325 e. The van der Waals surface area contributed by atoms with Crippen LogP contribution in [0.25, 0.3) is 16.8 Å². The van der Waals surface area contributed by atoms with E-state index in [-0.39, 0.29) is 11.8 Å². The lowest BCUT2D eigenvalue weighted by Gasteiger charge is -2.35. The first-order valence-electron chi connectivity index (χ1n) is 15.0. The Morgan fingerprint density at radius 2 is 1.82 bits per heavy atom. The molecule has 0 spiro atoms. The molecule has 10 nitrogen and oxygen atoms in total. The number of hydrogen-bond donors (Lipinski definition) is 3. The lowest BCUT2D eigenvalue weighted by molar-refractivity contribution is -0.152. The minimum absolute atomic E-state index is 0.267. The molecule has 2 heterocycles. The Labute approximate surface area is 279 Å². The van der Waals surface area contributed by atoms with E-state index in [9.17, 15) is 19.2 Å². The molecular formula is C32H42Cl3N5O5. The van der Waals surface area contributed by atoms with Crippen molar-refractivity contribution >= 4 is 75.3 Å². The second-order valence-corrected chi connectivity index (χ2v) is 14.7. The van der Waals surface area contributed by atoms with Crippen LogP contribution >= 0.6 is 34.8 Å². The molecule has 3 amide bonds. The van der Waals surface area contributed by atoms with Crippen LogP contribution < -0.4 is 16.1 Å². The van der Waals surface area contributed by atoms with E-state index in [1.165, 1.54) is 10.6 Å². The van der Waals surface area contributed by atoms with Crippen molar-refractivity contribution in [2.45, 2.75) is 82.7 Å². The van der Waals surface area contributed by atoms with Crippen molar-refractivity contribution in [1.82, 2.24) is 26.1 Å². The Morgan fingerprint density at radius 3 is 2.47 bits per heavy atom. The first-order valence-corrected chi connectivity index (χ1v) is 16.1. The van der Waals surface area contributed by atoms with E-state index < -0.39 is 51.7 Å². The van der Waals surface area contributed by atoms with Crippen LogP contribution in [0, 0.1) is 11.3 Å². The fourth-order valence-electron chi connectivity index (χ4n) is 4.72. The third-order valence-corrected chi connectivity index (χ3v) is 7.88. The minimum atomic E-state index is -1.75. The summed E-state index contributed by atoms with van der Waals surface area (Å²) in [6.45, 7) is 10.7. The predicted octanol–water partition coefficient (Wildman–Crippen LogP) is 4.89. The van der Waals surface area contributed by atoms with Gasteiger partial charge in [-0.1, -0.05) is 79.8 Å². The number of benzene rings is 1. The Hall–Kier alpha value is -2.92. The van der Waals surface area contributed by atoms with Crippen LogP contribution in [-0.4, -0.2) is 68.8 Å². The second kappa shape index (κ2) is 15.6. The number of carbonyl (C=O) groups is 4. The highest BCUT2D eigenvalue weighted by Crippen LogP contribution is 2.26. The molecule has 13 heteroatoms. The minimum Gasteiger partial charge on any atom is -0.460 e. The topological polar surface area (TPSA) is 130 Å². The van der Waals surface area contributed by atoms with Gasteiger partial charge < -0.3 is 15.4 Å². The molecule has 1 saturated heterocycles. The predicted molar refractivity (Wildman–Crippen MR) is 177 cm³/mol. The summed E-state index contributed by atoms with van der Waals surface area (Å²) in [6.07, 6.45) is 7.25. The first kappa shape index (κ1) is 36.5. The zero-order chi connectivity index (χ0) is 33.5. The largest absolute Gasteiger partial charge is 0.460 e. The zero-order valence-electron chi connectivity index (χ0n) is 26.5. The van der Waals surface area contributed by atoms with Gasteiger partial charge in [0.25, 0.3) is 5.91 Å². The number of halogens is 3. The van der Waals surface area contributed by atoms with E-state index in [2.05, 4.69) is 40.1 Å². The molecule has 45 heavy (non-hydrogen) atoms. The first-order chi connectivity index (χ1) is 21.0. The summed E-state index contributed by atoms with van der Waals surface area (Å²) < 4.78 is 3.29. The summed E-state index contributed by atoms with van der Waals surface area (Å²) in [5.74, 6) is -2.23. The molecule has 0 bridgehead atoms. The number of rotatable bonds is 11. The van der Waals surface area contributed by atoms with Gasteiger partial charge in [0, 0.05) is 18.1 Å². The summed E-state index contributed by atoms with van der Waals surface area (Å²) in [5.41, 5.74) is 3.82. The summed E-state index contributed by atoms with van der Waals surface area (Å²) >= 11 is 17.0. The fraction of sp³-hybridized carbons (Fsp3) is 0.531. The molecular weight excluding hydrogens is 641 g/mol. The molecule has 0 saturated carbocycles. The zero-order valence-corrected chi connectivity index (χ0v) is 28.7. The van der Waals surface area contributed by atoms with Crippen molar-refractivity contribution in [3.8, 4) is 0 Å². The number of pyridine rings is 1. The molecule has 3 rings (SSSR count). The lowest BCUT2D eigenvalue weighted by atomic mass is 9.90. The van der Waals surface area contributed by atoms with Crippen LogP contribution in [0.5, 0.6) is 0 Å². The molecule has 246 valence electrons. The Bertz CT molecular complexity index is 1430. The maximum absolute atomic E-state index is 13.4. The third-order valence-electron chi connectivity index (χ3n) is 7.55. The van der Waals surface area contributed by atoms with Gasteiger partial charge in [-0.3, -0.25) is 29.2 Å². The number of carbonyl (C=O) groups excluding carboxylic acids is 4. The molecule has 2 aromatic rings. The van der Waals surface area contributed by atoms with Crippen molar-refractivity contribution in [3.63, 3.8) is 0 Å². The summed E-state index contributed by atoms with van der Waals surface area (Å²) in [7, 11) is 0. The lowest BCUT2D eigenvalue weighted by Crippen LogP contribution is -2.61. The van der Waals surface area contributed by atoms with Gasteiger partial charge in [0.2, 0.25) is 15.6 Å². The maximum atomic E-state index is 13.4. The van der Waals surface area contributed by atoms with Crippen molar-refractivity contribution in [2.24, 2.45) is 11.3 Å². The molecule has 3 unspecified atom stereocenters. The average molecular weight is 683 g/mol. The standard InChI is InChI=1S/C32H42Cl3N5O5/c1-7-21-10-11-22-17-36-24(16-23(22)15-21)12-13-31(5,6)30(44)38-26(19(2)3)27(41)37-20(4)28(42)40-14-8-9-25(39-40)29(43)45-18-32(33,34)35/h10-13,15-17,19-20,25-26,39H,7-9,14,18H2,1-6H3,(H,37,41)(H,38,44). The summed E-state index contributed by atoms with van der Waals surface area (Å²) in [6, 6.07) is 5.59. The summed E-state index contributed by atoms with van der Waals surface area (Å²) in [5, 5.41) is 8.94. The highest BCUT2D eigenvalue weighted by molar-refractivity contribution is 6.67. The van der Waals surface area contributed by atoms with Crippen molar-refractivity contribution in [2.75, 3.05) is 13.2 Å². The molecule has 1 aromatic heterocycles. The molecule has 1 fully saturated rings. The average Bonchev–Trinajstić information content (AvgIpc) is 2.99. The number of amides is 3. The molecule has 1 aromatic carbocycles. The Morgan fingerprint density at radius 1 is 1.11 bits per heavy atom. The second-order valence-electron chi connectivity index (χ2n) is 12.2. The Kier molecular flexibility index (Phi) is 12.7. The number of aryl methyl sites for hydroxylation is 1. The van der Waals surface area contributed by atoms with E-state index in [1.807, 2.05) is 26.0 Å². The van der Waals surface area contributed by atoms with Crippen LogP contribution in [0.1, 0.15) is 65.6 Å². The van der Waals surface area contributed by atoms with Gasteiger partial charge in [-0.05, 0) is 69.0 Å². The van der Waals surface area contributed by atoms with E-state index in [0.29, 0.717) is 25.1 Å². The van der Waals surface area contributed by atoms with E-state index in [4.69, 9.17) is 39.5 Å². The van der Waals surface area contributed by atoms with Crippen molar-refractivity contribution < 1.29 is 23.9 Å². The number of ether oxygens (including phenoxy) is 1. The van der Waals surface area contributed by atoms with E-state index in [0.717, 1.165) is 17.2 Å². The van der Waals surface area contributed by atoms with Crippen LogP contribution in [-0.2, 0) is 30.3 Å². The van der Waals surface area contributed by atoms with Gasteiger partial charge >= 0.3 is 5.97 Å². The van der Waals surface area contributed by atoms with Crippen LogP contribution in [0.2, 0.25) is 0 Å². The quantitative estimate of drug-likeness (QED) is 0.227. The number of fused-ring (bicyclic) bond motifs is 1. The van der Waals surface area contributed by atoms with E-state index in [1.54, 1.807) is 39.1 Å². The molecule has 3 atom stereocenters. The molecule has 3 N–H and O–H groups in total. The van der Waals surface area contributed by atoms with Crippen molar-refractivity contribution in [3.05, 3.63) is 47.8 Å². The SMILES string of the molecule is CCc1ccc2cnc(C=CC(C)(C)C(=O)NC(C(=O)NC(C)C(=O)N3CCCC(C(=O)OCC(Cl)(Cl)Cl)N3)C(C)C)cc2c1. The monoisotopic (exact) mass is 681 g/mol. The molecule has 1 aliphatic heterocycles. The summed E-state index contributed by atoms with van der Waals surface area (Å²) in [4.78, 5) is 56.7. The van der Waals surface area contributed by atoms with Gasteiger partial charge in [-0.2, -0.15) is 0 Å². The van der Waals surface area contributed by atoms with Crippen LogP contribution in [0.15, 0.2) is 36.5 Å². The normalized spacial score (nSPS) is 17.3. The highest BCUT2D eigenvalue weighted by atomic mass is 35.6. The van der Waals surface area contributed by atoms with Crippen molar-refractivity contribution in [1.29, 1.82) is 0 Å². The van der Waals surface area contributed by atoms with Gasteiger partial charge in [-0.15, -0.1) is 0 Å². The number of hydrogen-bond acceptors (Lipinski definition) is 7. The van der Waals surface area contributed by atoms with Gasteiger partial charge in [0.1, 0.15) is 24.7 Å². The molecule has 0 aliphatic carbocycles. The number of nitrogens with one attached hydrogen (secondary N) is 3. The number of alkyl halides is 3. The van der Waals surface area contributed by atoms with Gasteiger partial charge in [0.05, 0.1) is 11.1 Å². The highest BCUT2D eigenvalue weighted by Gasteiger charge is 2.35. The van der Waals surface area contributed by atoms with Gasteiger partial charge in [-0.25, -0.2) is 5.43 Å². The van der Waals surface area contributed by atoms with Crippen LogP contribution in [0.4, 0.5) is 0 Å². The number of hydrazine groups is 1. The third kappa shape index (κ3) is 10.6. The molecule has 0 radical (unpaired) electrons.